The van der Waals surface area contributed by atoms with Crippen LogP contribution in [0.25, 0.3) is 22.4 Å². The van der Waals surface area contributed by atoms with E-state index in [0.29, 0.717) is 21.6 Å². The van der Waals surface area contributed by atoms with Crippen LogP contribution in [-0.2, 0) is 0 Å². The molecule has 0 aliphatic rings. The molecule has 3 aromatic rings. The van der Waals surface area contributed by atoms with Gasteiger partial charge in [-0.3, -0.25) is 10.1 Å². The van der Waals surface area contributed by atoms with E-state index in [-0.39, 0.29) is 22.3 Å². The minimum absolute atomic E-state index is 0.0489. The zero-order valence-electron chi connectivity index (χ0n) is 10.3. The first-order chi connectivity index (χ1) is 9.97. The van der Waals surface area contributed by atoms with Crippen molar-refractivity contribution in [2.45, 2.75) is 0 Å². The number of rotatable bonds is 2. The van der Waals surface area contributed by atoms with Crippen LogP contribution in [0.15, 0.2) is 30.3 Å². The molecule has 6 nitrogen and oxygen atoms in total. The highest BCUT2D eigenvalue weighted by Crippen LogP contribution is 2.36. The monoisotopic (exact) mass is 323 g/mol. The number of non-ortho nitro benzene ring substituents is 1. The van der Waals surface area contributed by atoms with E-state index in [0.717, 1.165) is 0 Å². The molecule has 8 heteroatoms. The molecule has 0 fully saturated rings. The maximum Gasteiger partial charge on any atom is 0.273 e. The van der Waals surface area contributed by atoms with Crippen molar-refractivity contribution in [3.05, 3.63) is 50.5 Å². The second kappa shape index (κ2) is 4.91. The van der Waals surface area contributed by atoms with Crippen LogP contribution in [0.4, 0.5) is 5.69 Å². The van der Waals surface area contributed by atoms with Crippen molar-refractivity contribution in [1.82, 2.24) is 9.97 Å². The lowest BCUT2D eigenvalue weighted by molar-refractivity contribution is -0.384. The van der Waals surface area contributed by atoms with Crippen LogP contribution in [-0.4, -0.2) is 20.0 Å². The zero-order chi connectivity index (χ0) is 15.1. The summed E-state index contributed by atoms with van der Waals surface area (Å²) in [6.07, 6.45) is 0. The van der Waals surface area contributed by atoms with Gasteiger partial charge in [0.25, 0.3) is 5.69 Å². The van der Waals surface area contributed by atoms with Crippen molar-refractivity contribution >= 4 is 39.9 Å². The average molecular weight is 324 g/mol. The standard InChI is InChI=1S/C13H7Cl2N3O3/c14-7-2-1-3-10(19)11(7)13-16-9-5-6(18(20)21)4-8(15)12(9)17-13/h1-5,19H,(H,16,17). The first kappa shape index (κ1) is 13.7. The Balaban J connectivity index is 2.27. The van der Waals surface area contributed by atoms with E-state index < -0.39 is 4.92 Å². The molecular formula is C13H7Cl2N3O3. The number of phenols is 1. The van der Waals surface area contributed by atoms with E-state index in [1.54, 1.807) is 12.1 Å². The fraction of sp³-hybridized carbons (Fsp3) is 0. The van der Waals surface area contributed by atoms with Crippen molar-refractivity contribution in [3.63, 3.8) is 0 Å². The van der Waals surface area contributed by atoms with Gasteiger partial charge in [0.1, 0.15) is 17.1 Å². The number of fused-ring (bicyclic) bond motifs is 1. The van der Waals surface area contributed by atoms with Crippen molar-refractivity contribution in [3.8, 4) is 17.1 Å². The van der Waals surface area contributed by atoms with E-state index in [9.17, 15) is 15.2 Å². The molecule has 2 aromatic carbocycles. The molecule has 0 saturated carbocycles. The smallest absolute Gasteiger partial charge is 0.273 e. The summed E-state index contributed by atoms with van der Waals surface area (Å²) in [5.74, 6) is 0.239. The molecule has 3 rings (SSSR count). The zero-order valence-corrected chi connectivity index (χ0v) is 11.8. The second-order valence-corrected chi connectivity index (χ2v) is 5.11. The molecule has 0 radical (unpaired) electrons. The normalized spacial score (nSPS) is 11.0. The molecule has 21 heavy (non-hydrogen) atoms. The van der Waals surface area contributed by atoms with E-state index in [4.69, 9.17) is 23.2 Å². The molecule has 0 unspecified atom stereocenters. The summed E-state index contributed by atoms with van der Waals surface area (Å²) in [4.78, 5) is 17.4. The summed E-state index contributed by atoms with van der Waals surface area (Å²) in [6.45, 7) is 0. The van der Waals surface area contributed by atoms with Crippen molar-refractivity contribution < 1.29 is 10.0 Å². The number of hydrogen-bond donors (Lipinski definition) is 2. The van der Waals surface area contributed by atoms with Crippen LogP contribution in [0.5, 0.6) is 5.75 Å². The van der Waals surface area contributed by atoms with Gasteiger partial charge in [-0.1, -0.05) is 29.3 Å². The van der Waals surface area contributed by atoms with E-state index >= 15 is 0 Å². The van der Waals surface area contributed by atoms with Crippen LogP contribution in [0.3, 0.4) is 0 Å². The summed E-state index contributed by atoms with van der Waals surface area (Å²) in [5.41, 5.74) is 0.931. The van der Waals surface area contributed by atoms with E-state index in [2.05, 4.69) is 9.97 Å². The van der Waals surface area contributed by atoms with Crippen molar-refractivity contribution in [2.24, 2.45) is 0 Å². The minimum atomic E-state index is -0.543. The SMILES string of the molecule is O=[N+]([O-])c1cc(Cl)c2nc(-c3c(O)cccc3Cl)[nH]c2c1. The number of H-pyrrole nitrogens is 1. The van der Waals surface area contributed by atoms with Crippen LogP contribution in [0.1, 0.15) is 0 Å². The van der Waals surface area contributed by atoms with Gasteiger partial charge in [-0.15, -0.1) is 0 Å². The first-order valence-corrected chi connectivity index (χ1v) is 6.54. The maximum absolute atomic E-state index is 10.8. The molecule has 0 atom stereocenters. The number of hydrogen-bond acceptors (Lipinski definition) is 4. The lowest BCUT2D eigenvalue weighted by atomic mass is 10.2. The Labute approximate surface area is 128 Å². The lowest BCUT2D eigenvalue weighted by Crippen LogP contribution is -1.87. The summed E-state index contributed by atoms with van der Waals surface area (Å²) in [7, 11) is 0. The molecule has 1 heterocycles. The summed E-state index contributed by atoms with van der Waals surface area (Å²) in [6, 6.07) is 7.22. The highest BCUT2D eigenvalue weighted by atomic mass is 35.5. The second-order valence-electron chi connectivity index (χ2n) is 4.30. The number of nitro benzene ring substituents is 1. The molecule has 1 aromatic heterocycles. The molecule has 0 bridgehead atoms. The van der Waals surface area contributed by atoms with Gasteiger partial charge in [0, 0.05) is 12.1 Å². The summed E-state index contributed by atoms with van der Waals surface area (Å²) in [5, 5.41) is 21.2. The number of nitrogens with zero attached hydrogens (tertiary/aromatic N) is 2. The Morgan fingerprint density at radius 1 is 1.24 bits per heavy atom. The predicted molar refractivity (Wildman–Crippen MR) is 79.9 cm³/mol. The minimum Gasteiger partial charge on any atom is -0.507 e. The third kappa shape index (κ3) is 2.28. The van der Waals surface area contributed by atoms with Gasteiger partial charge < -0.3 is 10.1 Å². The Hall–Kier alpha value is -2.31. The van der Waals surface area contributed by atoms with Gasteiger partial charge in [0.15, 0.2) is 0 Å². The van der Waals surface area contributed by atoms with Crippen molar-refractivity contribution in [2.75, 3.05) is 0 Å². The number of halogens is 2. The van der Waals surface area contributed by atoms with Gasteiger partial charge in [-0.2, -0.15) is 0 Å². The fourth-order valence-corrected chi connectivity index (χ4v) is 2.55. The third-order valence-electron chi connectivity index (χ3n) is 2.96. The van der Waals surface area contributed by atoms with Gasteiger partial charge in [0.2, 0.25) is 0 Å². The number of aromatic nitrogens is 2. The Morgan fingerprint density at radius 2 is 2.00 bits per heavy atom. The lowest BCUT2D eigenvalue weighted by Gasteiger charge is -2.02. The van der Waals surface area contributed by atoms with Crippen LogP contribution >= 0.6 is 23.2 Å². The number of aromatic amines is 1. The summed E-state index contributed by atoms with van der Waals surface area (Å²) < 4.78 is 0. The number of aromatic hydroxyl groups is 1. The molecule has 2 N–H and O–H groups in total. The predicted octanol–water partition coefficient (Wildman–Crippen LogP) is 4.15. The van der Waals surface area contributed by atoms with Crippen LogP contribution < -0.4 is 0 Å². The van der Waals surface area contributed by atoms with Gasteiger partial charge in [0.05, 0.1) is 26.0 Å². The maximum atomic E-state index is 10.8. The topological polar surface area (TPSA) is 92.1 Å². The quantitative estimate of drug-likeness (QED) is 0.547. The number of nitrogens with one attached hydrogen (secondary N) is 1. The Bertz CT molecular complexity index is 856. The van der Waals surface area contributed by atoms with Crippen LogP contribution in [0, 0.1) is 10.1 Å². The largest absolute Gasteiger partial charge is 0.507 e. The van der Waals surface area contributed by atoms with Gasteiger partial charge >= 0.3 is 0 Å². The van der Waals surface area contributed by atoms with E-state index in [1.807, 2.05) is 0 Å². The van der Waals surface area contributed by atoms with Gasteiger partial charge in [-0.05, 0) is 12.1 Å². The number of benzene rings is 2. The molecule has 0 amide bonds. The first-order valence-electron chi connectivity index (χ1n) is 5.79. The average Bonchev–Trinajstić information content (AvgIpc) is 2.82. The molecule has 0 aliphatic heterocycles. The molecule has 106 valence electrons. The fourth-order valence-electron chi connectivity index (χ4n) is 2.03. The van der Waals surface area contributed by atoms with Crippen LogP contribution in [0.2, 0.25) is 10.0 Å². The Morgan fingerprint density at radius 3 is 2.67 bits per heavy atom. The van der Waals surface area contributed by atoms with Crippen molar-refractivity contribution in [1.29, 1.82) is 0 Å². The number of imidazole rings is 1. The Kier molecular flexibility index (Phi) is 3.19. The molecular weight excluding hydrogens is 317 g/mol. The molecule has 0 saturated heterocycles. The highest BCUT2D eigenvalue weighted by Gasteiger charge is 2.17. The highest BCUT2D eigenvalue weighted by molar-refractivity contribution is 6.35. The number of phenolic OH excluding ortho intramolecular Hbond substituents is 1. The summed E-state index contributed by atoms with van der Waals surface area (Å²) >= 11 is 12.1. The van der Waals surface area contributed by atoms with Gasteiger partial charge in [-0.25, -0.2) is 4.98 Å². The molecule has 0 spiro atoms. The number of nitro groups is 1. The van der Waals surface area contributed by atoms with E-state index in [1.165, 1.54) is 18.2 Å². The third-order valence-corrected chi connectivity index (χ3v) is 3.57. The molecule has 0 aliphatic carbocycles.